The van der Waals surface area contributed by atoms with Crippen molar-refractivity contribution in [2.24, 2.45) is 5.73 Å². The molecule has 0 radical (unpaired) electrons. The molecule has 2 N–H and O–H groups in total. The molecule has 0 spiro atoms. The maximum Gasteiger partial charge on any atom is 0.130 e. The Morgan fingerprint density at radius 1 is 1.45 bits per heavy atom. The highest BCUT2D eigenvalue weighted by atomic mass is 19.1. The fourth-order valence-corrected chi connectivity index (χ4v) is 2.82. The van der Waals surface area contributed by atoms with Crippen LogP contribution in [0.5, 0.6) is 0 Å². The van der Waals surface area contributed by atoms with Crippen molar-refractivity contribution in [2.75, 3.05) is 19.7 Å². The van der Waals surface area contributed by atoms with Crippen molar-refractivity contribution in [3.63, 3.8) is 0 Å². The number of ether oxygens (including phenoxy) is 1. The summed E-state index contributed by atoms with van der Waals surface area (Å²) in [6, 6.07) is 3.67. The molecule has 20 heavy (non-hydrogen) atoms. The monoisotopic (exact) mass is 284 g/mol. The maximum absolute atomic E-state index is 14.0. The molecule has 0 bridgehead atoms. The van der Waals surface area contributed by atoms with E-state index in [0.717, 1.165) is 12.5 Å². The van der Waals surface area contributed by atoms with Crippen LogP contribution in [0.4, 0.5) is 8.78 Å². The largest absolute Gasteiger partial charge is 0.376 e. The van der Waals surface area contributed by atoms with Gasteiger partial charge in [-0.2, -0.15) is 0 Å². The van der Waals surface area contributed by atoms with Gasteiger partial charge in [-0.15, -0.1) is 0 Å². The average Bonchev–Trinajstić information content (AvgIpc) is 2.42. The van der Waals surface area contributed by atoms with Gasteiger partial charge in [0.2, 0.25) is 0 Å². The predicted molar refractivity (Wildman–Crippen MR) is 74.4 cm³/mol. The van der Waals surface area contributed by atoms with E-state index in [9.17, 15) is 8.78 Å². The molecular formula is C15H22F2N2O. The third-order valence-corrected chi connectivity index (χ3v) is 3.93. The second-order valence-electron chi connectivity index (χ2n) is 5.32. The van der Waals surface area contributed by atoms with Crippen molar-refractivity contribution in [3.05, 3.63) is 35.4 Å². The first kappa shape index (κ1) is 15.4. The van der Waals surface area contributed by atoms with E-state index in [-0.39, 0.29) is 18.2 Å². The highest BCUT2D eigenvalue weighted by molar-refractivity contribution is 5.23. The number of benzene rings is 1. The van der Waals surface area contributed by atoms with Crippen LogP contribution in [0.25, 0.3) is 0 Å². The Labute approximate surface area is 118 Å². The Morgan fingerprint density at radius 2 is 2.20 bits per heavy atom. The van der Waals surface area contributed by atoms with Crippen LogP contribution >= 0.6 is 0 Å². The molecule has 0 aliphatic carbocycles. The van der Waals surface area contributed by atoms with Crippen molar-refractivity contribution in [3.8, 4) is 0 Å². The van der Waals surface area contributed by atoms with Gasteiger partial charge in [0.1, 0.15) is 11.6 Å². The molecule has 1 heterocycles. The summed E-state index contributed by atoms with van der Waals surface area (Å²) >= 11 is 0. The van der Waals surface area contributed by atoms with Crippen LogP contribution in [-0.4, -0.2) is 36.7 Å². The van der Waals surface area contributed by atoms with E-state index in [4.69, 9.17) is 10.5 Å². The Hall–Kier alpha value is -1.04. The minimum Gasteiger partial charge on any atom is -0.376 e. The van der Waals surface area contributed by atoms with Gasteiger partial charge in [0, 0.05) is 30.8 Å². The summed E-state index contributed by atoms with van der Waals surface area (Å²) < 4.78 is 32.7. The third kappa shape index (κ3) is 3.16. The molecule has 112 valence electrons. The second kappa shape index (κ2) is 6.61. The fourth-order valence-electron chi connectivity index (χ4n) is 2.82. The number of halogens is 2. The van der Waals surface area contributed by atoms with Crippen LogP contribution in [0.3, 0.4) is 0 Å². The molecule has 1 aliphatic rings. The van der Waals surface area contributed by atoms with Gasteiger partial charge in [0.05, 0.1) is 18.8 Å². The summed E-state index contributed by atoms with van der Waals surface area (Å²) in [5, 5.41) is 0. The number of hydrogen-bond donors (Lipinski definition) is 1. The molecule has 0 saturated carbocycles. The minimum atomic E-state index is -0.565. The molecule has 1 aromatic carbocycles. The summed E-state index contributed by atoms with van der Waals surface area (Å²) in [5.41, 5.74) is 6.32. The molecule has 0 aromatic heterocycles. The number of nitrogens with two attached hydrogens (primary N) is 1. The summed E-state index contributed by atoms with van der Waals surface area (Å²) in [5.74, 6) is -1.10. The topological polar surface area (TPSA) is 38.5 Å². The first-order valence-electron chi connectivity index (χ1n) is 7.09. The SMILES string of the molecule is CCC1COC(C)CN1C(CN)c1ccc(F)cc1F. The van der Waals surface area contributed by atoms with E-state index in [1.54, 1.807) is 0 Å². The van der Waals surface area contributed by atoms with E-state index in [2.05, 4.69) is 11.8 Å². The van der Waals surface area contributed by atoms with Gasteiger partial charge in [0.15, 0.2) is 0 Å². The molecule has 3 atom stereocenters. The Bertz CT molecular complexity index is 455. The number of morpholine rings is 1. The minimum absolute atomic E-state index is 0.0929. The number of nitrogens with zero attached hydrogens (tertiary/aromatic N) is 1. The van der Waals surface area contributed by atoms with E-state index < -0.39 is 11.6 Å². The van der Waals surface area contributed by atoms with E-state index >= 15 is 0 Å². The lowest BCUT2D eigenvalue weighted by molar-refractivity contribution is -0.0723. The summed E-state index contributed by atoms with van der Waals surface area (Å²) in [7, 11) is 0. The van der Waals surface area contributed by atoms with Crippen molar-refractivity contribution < 1.29 is 13.5 Å². The lowest BCUT2D eigenvalue weighted by Crippen LogP contribution is -2.51. The van der Waals surface area contributed by atoms with Crippen molar-refractivity contribution >= 4 is 0 Å². The summed E-state index contributed by atoms with van der Waals surface area (Å²) in [4.78, 5) is 2.19. The molecule has 2 rings (SSSR count). The van der Waals surface area contributed by atoms with E-state index in [0.29, 0.717) is 25.3 Å². The van der Waals surface area contributed by atoms with Crippen molar-refractivity contribution in [1.29, 1.82) is 0 Å². The van der Waals surface area contributed by atoms with Crippen LogP contribution in [0.1, 0.15) is 31.9 Å². The van der Waals surface area contributed by atoms with Crippen molar-refractivity contribution in [1.82, 2.24) is 4.90 Å². The first-order chi connectivity index (χ1) is 9.56. The van der Waals surface area contributed by atoms with Gasteiger partial charge in [-0.05, 0) is 19.4 Å². The van der Waals surface area contributed by atoms with Crippen LogP contribution in [-0.2, 0) is 4.74 Å². The fraction of sp³-hybridized carbons (Fsp3) is 0.600. The standard InChI is InChI=1S/C15H22F2N2O/c1-3-12-9-20-10(2)8-19(12)15(7-18)13-5-4-11(16)6-14(13)17/h4-6,10,12,15H,3,7-9,18H2,1-2H3. The molecule has 1 saturated heterocycles. The molecule has 1 aliphatic heterocycles. The lowest BCUT2D eigenvalue weighted by Gasteiger charge is -2.43. The smallest absolute Gasteiger partial charge is 0.130 e. The predicted octanol–water partition coefficient (Wildman–Crippen LogP) is 2.46. The van der Waals surface area contributed by atoms with Crippen LogP contribution in [0, 0.1) is 11.6 Å². The van der Waals surface area contributed by atoms with Gasteiger partial charge >= 0.3 is 0 Å². The molecule has 3 unspecified atom stereocenters. The molecular weight excluding hydrogens is 262 g/mol. The Balaban J connectivity index is 2.29. The summed E-state index contributed by atoms with van der Waals surface area (Å²) in [6.07, 6.45) is 1.00. The Kier molecular flexibility index (Phi) is 5.07. The first-order valence-corrected chi connectivity index (χ1v) is 7.09. The van der Waals surface area contributed by atoms with Crippen LogP contribution in [0.2, 0.25) is 0 Å². The van der Waals surface area contributed by atoms with Crippen LogP contribution < -0.4 is 5.73 Å². The molecule has 1 fully saturated rings. The number of rotatable bonds is 4. The number of hydrogen-bond acceptors (Lipinski definition) is 3. The third-order valence-electron chi connectivity index (χ3n) is 3.93. The van der Waals surface area contributed by atoms with Gasteiger partial charge < -0.3 is 10.5 Å². The van der Waals surface area contributed by atoms with E-state index in [1.807, 2.05) is 6.92 Å². The highest BCUT2D eigenvalue weighted by Crippen LogP contribution is 2.28. The quantitative estimate of drug-likeness (QED) is 0.923. The maximum atomic E-state index is 14.0. The Morgan fingerprint density at radius 3 is 2.80 bits per heavy atom. The van der Waals surface area contributed by atoms with Gasteiger partial charge in [-0.1, -0.05) is 13.0 Å². The van der Waals surface area contributed by atoms with Gasteiger partial charge in [-0.25, -0.2) is 8.78 Å². The average molecular weight is 284 g/mol. The second-order valence-corrected chi connectivity index (χ2v) is 5.32. The zero-order chi connectivity index (χ0) is 14.7. The zero-order valence-corrected chi connectivity index (χ0v) is 12.0. The van der Waals surface area contributed by atoms with Gasteiger partial charge in [0.25, 0.3) is 0 Å². The van der Waals surface area contributed by atoms with Crippen molar-refractivity contribution in [2.45, 2.75) is 38.5 Å². The van der Waals surface area contributed by atoms with E-state index in [1.165, 1.54) is 12.1 Å². The normalized spacial score (nSPS) is 25.6. The highest BCUT2D eigenvalue weighted by Gasteiger charge is 2.32. The molecule has 0 amide bonds. The molecule has 5 heteroatoms. The van der Waals surface area contributed by atoms with Crippen LogP contribution in [0.15, 0.2) is 18.2 Å². The zero-order valence-electron chi connectivity index (χ0n) is 12.0. The van der Waals surface area contributed by atoms with Gasteiger partial charge in [-0.3, -0.25) is 4.90 Å². The molecule has 1 aromatic rings. The lowest BCUT2D eigenvalue weighted by atomic mass is 10.00. The molecule has 3 nitrogen and oxygen atoms in total. The summed E-state index contributed by atoms with van der Waals surface area (Å²) in [6.45, 7) is 5.69.